The van der Waals surface area contributed by atoms with E-state index in [4.69, 9.17) is 17.3 Å². The minimum absolute atomic E-state index is 0.378. The summed E-state index contributed by atoms with van der Waals surface area (Å²) < 4.78 is 0. The summed E-state index contributed by atoms with van der Waals surface area (Å²) in [5.41, 5.74) is 5.84. The van der Waals surface area contributed by atoms with E-state index in [-0.39, 0.29) is 0 Å². The average molecular weight is 227 g/mol. The maximum absolute atomic E-state index is 5.84. The largest absolute Gasteiger partial charge is 0.354 e. The Hall–Kier alpha value is -0.870. The molecule has 82 valence electrons. The molecule has 4 nitrogen and oxygen atoms in total. The Balaban J connectivity index is 1.80. The topological polar surface area (TPSA) is 63.8 Å². The molecule has 0 bridgehead atoms. The molecule has 0 saturated heterocycles. The molecule has 1 heterocycles. The fraction of sp³-hybridized carbons (Fsp3) is 0.600. The fourth-order valence-electron chi connectivity index (χ4n) is 1.94. The molecular formula is C10H15ClN4. The molecule has 0 amide bonds. The second kappa shape index (κ2) is 4.77. The van der Waals surface area contributed by atoms with Crippen LogP contribution in [0.15, 0.2) is 12.4 Å². The van der Waals surface area contributed by atoms with Crippen LogP contribution in [0.1, 0.15) is 19.3 Å². The van der Waals surface area contributed by atoms with Crippen molar-refractivity contribution in [1.82, 2.24) is 9.97 Å². The van der Waals surface area contributed by atoms with Crippen LogP contribution in [0.5, 0.6) is 0 Å². The van der Waals surface area contributed by atoms with E-state index in [0.29, 0.717) is 22.9 Å². The quantitative estimate of drug-likeness (QED) is 0.823. The first-order valence-corrected chi connectivity index (χ1v) is 5.59. The molecule has 1 aliphatic carbocycles. The third-order valence-electron chi connectivity index (χ3n) is 2.75. The van der Waals surface area contributed by atoms with Gasteiger partial charge >= 0.3 is 0 Å². The zero-order chi connectivity index (χ0) is 10.7. The highest BCUT2D eigenvalue weighted by Crippen LogP contribution is 2.23. The van der Waals surface area contributed by atoms with Crippen molar-refractivity contribution in [3.8, 4) is 0 Å². The van der Waals surface area contributed by atoms with Gasteiger partial charge in [-0.2, -0.15) is 0 Å². The van der Waals surface area contributed by atoms with Crippen LogP contribution in [0.2, 0.25) is 5.02 Å². The van der Waals surface area contributed by atoms with Gasteiger partial charge in [0.2, 0.25) is 5.95 Å². The summed E-state index contributed by atoms with van der Waals surface area (Å²) in [6, 6.07) is 0.378. The predicted molar refractivity (Wildman–Crippen MR) is 60.8 cm³/mol. The van der Waals surface area contributed by atoms with Crippen LogP contribution in [-0.4, -0.2) is 22.6 Å². The molecule has 1 aliphatic rings. The third-order valence-corrected chi connectivity index (χ3v) is 2.95. The number of hydrogen-bond acceptors (Lipinski definition) is 4. The van der Waals surface area contributed by atoms with Crippen LogP contribution in [0.25, 0.3) is 0 Å². The van der Waals surface area contributed by atoms with Gasteiger partial charge in [-0.15, -0.1) is 0 Å². The second-order valence-electron chi connectivity index (χ2n) is 4.04. The lowest BCUT2D eigenvalue weighted by Crippen LogP contribution is -2.18. The van der Waals surface area contributed by atoms with Crippen LogP contribution < -0.4 is 11.1 Å². The smallest absolute Gasteiger partial charge is 0.222 e. The van der Waals surface area contributed by atoms with Crippen molar-refractivity contribution in [1.29, 1.82) is 0 Å². The second-order valence-corrected chi connectivity index (χ2v) is 4.48. The summed E-state index contributed by atoms with van der Waals surface area (Å²) in [7, 11) is 0. The van der Waals surface area contributed by atoms with E-state index in [1.54, 1.807) is 12.4 Å². The molecule has 1 fully saturated rings. The number of halogens is 1. The van der Waals surface area contributed by atoms with Gasteiger partial charge in [0.1, 0.15) is 0 Å². The summed E-state index contributed by atoms with van der Waals surface area (Å²) in [6.45, 7) is 0.898. The molecule has 3 N–H and O–H groups in total. The number of nitrogens with zero attached hydrogens (tertiary/aromatic N) is 2. The molecule has 15 heavy (non-hydrogen) atoms. The third kappa shape index (κ3) is 3.04. The minimum atomic E-state index is 0.378. The van der Waals surface area contributed by atoms with Gasteiger partial charge in [0, 0.05) is 12.6 Å². The van der Waals surface area contributed by atoms with Gasteiger partial charge in [-0.1, -0.05) is 11.6 Å². The molecule has 5 heteroatoms. The molecule has 1 saturated carbocycles. The van der Waals surface area contributed by atoms with E-state index in [1.807, 2.05) is 0 Å². The SMILES string of the molecule is NC1CCC(CNc2ncc(Cl)cn2)C1. The lowest BCUT2D eigenvalue weighted by molar-refractivity contribution is 0.564. The number of nitrogens with two attached hydrogens (primary N) is 1. The monoisotopic (exact) mass is 226 g/mol. The van der Waals surface area contributed by atoms with Crippen molar-refractivity contribution in [2.75, 3.05) is 11.9 Å². The van der Waals surface area contributed by atoms with Crippen LogP contribution in [0.4, 0.5) is 5.95 Å². The zero-order valence-electron chi connectivity index (χ0n) is 8.49. The van der Waals surface area contributed by atoms with Crippen molar-refractivity contribution < 1.29 is 0 Å². The first-order chi connectivity index (χ1) is 7.24. The van der Waals surface area contributed by atoms with Gasteiger partial charge < -0.3 is 11.1 Å². The summed E-state index contributed by atoms with van der Waals surface area (Å²) in [6.07, 6.45) is 6.62. The summed E-state index contributed by atoms with van der Waals surface area (Å²) >= 11 is 5.69. The fourth-order valence-corrected chi connectivity index (χ4v) is 2.04. The van der Waals surface area contributed by atoms with Crippen molar-refractivity contribution in [3.63, 3.8) is 0 Å². The number of aromatic nitrogens is 2. The lowest BCUT2D eigenvalue weighted by atomic mass is 10.1. The lowest BCUT2D eigenvalue weighted by Gasteiger charge is -2.10. The van der Waals surface area contributed by atoms with Crippen molar-refractivity contribution in [2.24, 2.45) is 11.7 Å². The van der Waals surface area contributed by atoms with Crippen LogP contribution >= 0.6 is 11.6 Å². The normalized spacial score (nSPS) is 25.5. The maximum atomic E-state index is 5.84. The van der Waals surface area contributed by atoms with E-state index in [0.717, 1.165) is 19.4 Å². The van der Waals surface area contributed by atoms with Crippen molar-refractivity contribution in [3.05, 3.63) is 17.4 Å². The number of nitrogens with one attached hydrogen (secondary N) is 1. The molecule has 2 atom stereocenters. The number of hydrogen-bond donors (Lipinski definition) is 2. The number of rotatable bonds is 3. The minimum Gasteiger partial charge on any atom is -0.354 e. The Morgan fingerprint density at radius 3 is 2.73 bits per heavy atom. The average Bonchev–Trinajstić information content (AvgIpc) is 2.64. The predicted octanol–water partition coefficient (Wildman–Crippen LogP) is 1.67. The highest BCUT2D eigenvalue weighted by molar-refractivity contribution is 6.30. The molecule has 0 aliphatic heterocycles. The van der Waals surface area contributed by atoms with Crippen molar-refractivity contribution in [2.45, 2.75) is 25.3 Å². The van der Waals surface area contributed by atoms with E-state index in [2.05, 4.69) is 15.3 Å². The first kappa shape index (κ1) is 10.6. The Kier molecular flexibility index (Phi) is 3.38. The molecule has 1 aromatic rings. The molecule has 2 rings (SSSR count). The van der Waals surface area contributed by atoms with Gasteiger partial charge in [-0.3, -0.25) is 0 Å². The van der Waals surface area contributed by atoms with E-state index in [9.17, 15) is 0 Å². The van der Waals surface area contributed by atoms with Gasteiger partial charge in [0.15, 0.2) is 0 Å². The Morgan fingerprint density at radius 1 is 1.40 bits per heavy atom. The first-order valence-electron chi connectivity index (χ1n) is 5.21. The molecule has 0 aromatic carbocycles. The summed E-state index contributed by atoms with van der Waals surface area (Å²) in [4.78, 5) is 8.15. The maximum Gasteiger partial charge on any atom is 0.222 e. The molecule has 0 radical (unpaired) electrons. The van der Waals surface area contributed by atoms with E-state index >= 15 is 0 Å². The highest BCUT2D eigenvalue weighted by atomic mass is 35.5. The van der Waals surface area contributed by atoms with E-state index in [1.165, 1.54) is 6.42 Å². The molecule has 1 aromatic heterocycles. The number of anilines is 1. The molecule has 2 unspecified atom stereocenters. The Bertz CT molecular complexity index is 314. The summed E-state index contributed by atoms with van der Waals surface area (Å²) in [5.74, 6) is 1.29. The van der Waals surface area contributed by atoms with Gasteiger partial charge in [-0.05, 0) is 25.2 Å². The highest BCUT2D eigenvalue weighted by Gasteiger charge is 2.21. The van der Waals surface area contributed by atoms with Gasteiger partial charge in [0.05, 0.1) is 17.4 Å². The van der Waals surface area contributed by atoms with Gasteiger partial charge in [0.25, 0.3) is 0 Å². The van der Waals surface area contributed by atoms with Gasteiger partial charge in [-0.25, -0.2) is 9.97 Å². The van der Waals surface area contributed by atoms with Crippen LogP contribution in [0, 0.1) is 5.92 Å². The Morgan fingerprint density at radius 2 is 2.13 bits per heavy atom. The standard InChI is InChI=1S/C10H15ClN4/c11-8-5-14-10(15-6-8)13-4-7-1-2-9(12)3-7/h5-7,9H,1-4,12H2,(H,13,14,15). The summed E-state index contributed by atoms with van der Waals surface area (Å²) in [5, 5.41) is 3.76. The molecular weight excluding hydrogens is 212 g/mol. The van der Waals surface area contributed by atoms with Crippen LogP contribution in [-0.2, 0) is 0 Å². The van der Waals surface area contributed by atoms with E-state index < -0.39 is 0 Å². The molecule has 0 spiro atoms. The van der Waals surface area contributed by atoms with Crippen LogP contribution in [0.3, 0.4) is 0 Å². The Labute approximate surface area is 94.2 Å². The van der Waals surface area contributed by atoms with Crippen molar-refractivity contribution >= 4 is 17.5 Å². The zero-order valence-corrected chi connectivity index (χ0v) is 9.24.